The van der Waals surface area contributed by atoms with Gasteiger partial charge in [0.2, 0.25) is 0 Å². The van der Waals surface area contributed by atoms with Gasteiger partial charge < -0.3 is 14.7 Å². The summed E-state index contributed by atoms with van der Waals surface area (Å²) in [7, 11) is 0. The van der Waals surface area contributed by atoms with Crippen molar-refractivity contribution in [3.8, 4) is 0 Å². The molecule has 4 nitrogen and oxygen atoms in total. The van der Waals surface area contributed by atoms with Gasteiger partial charge in [0, 0.05) is 18.7 Å². The van der Waals surface area contributed by atoms with Gasteiger partial charge in [0.1, 0.15) is 5.60 Å². The van der Waals surface area contributed by atoms with Crippen molar-refractivity contribution in [2.24, 2.45) is 0 Å². The number of unbranched alkanes of at least 4 members (excludes halogenated alkanes) is 2. The highest BCUT2D eigenvalue weighted by atomic mass is 16.6. The van der Waals surface area contributed by atoms with Crippen molar-refractivity contribution in [3.05, 3.63) is 0 Å². The zero-order valence-corrected chi connectivity index (χ0v) is 12.7. The molecular formula is C14H29NO3. The Morgan fingerprint density at radius 2 is 1.61 bits per heavy atom. The summed E-state index contributed by atoms with van der Waals surface area (Å²) in [6.45, 7) is 12.5. The molecule has 0 radical (unpaired) electrons. The van der Waals surface area contributed by atoms with Gasteiger partial charge in [-0.25, -0.2) is 4.79 Å². The summed E-state index contributed by atoms with van der Waals surface area (Å²) in [6.07, 6.45) is 2.33. The number of hydrogen-bond acceptors (Lipinski definition) is 3. The quantitative estimate of drug-likeness (QED) is 0.771. The maximum absolute atomic E-state index is 12.1. The van der Waals surface area contributed by atoms with Crippen LogP contribution in [0.3, 0.4) is 0 Å². The van der Waals surface area contributed by atoms with E-state index >= 15 is 0 Å². The molecular weight excluding hydrogens is 230 g/mol. The standard InChI is InChI=1S/C14H29NO3/c1-13(2,3)15(10-8-7-9-11-16)12(17)18-14(4,5)6/h16H,7-11H2,1-6H3. The lowest BCUT2D eigenvalue weighted by Gasteiger charge is -2.36. The zero-order chi connectivity index (χ0) is 14.4. The van der Waals surface area contributed by atoms with Crippen LogP contribution in [0.1, 0.15) is 60.8 Å². The first-order chi connectivity index (χ1) is 8.08. The van der Waals surface area contributed by atoms with Gasteiger partial charge in [0.25, 0.3) is 0 Å². The molecule has 0 aromatic rings. The molecule has 0 saturated carbocycles. The molecule has 0 spiro atoms. The Labute approximate surface area is 111 Å². The van der Waals surface area contributed by atoms with Gasteiger partial charge in [-0.3, -0.25) is 0 Å². The predicted octanol–water partition coefficient (Wildman–Crippen LogP) is 3.18. The first kappa shape index (κ1) is 17.2. The largest absolute Gasteiger partial charge is 0.444 e. The number of nitrogens with zero attached hydrogens (tertiary/aromatic N) is 1. The maximum atomic E-state index is 12.1. The molecule has 4 heteroatoms. The third-order valence-corrected chi connectivity index (χ3v) is 2.46. The van der Waals surface area contributed by atoms with Gasteiger partial charge in [-0.15, -0.1) is 0 Å². The third-order valence-electron chi connectivity index (χ3n) is 2.46. The molecule has 0 aromatic heterocycles. The number of ether oxygens (including phenoxy) is 1. The van der Waals surface area contributed by atoms with Crippen LogP contribution in [0.4, 0.5) is 4.79 Å². The van der Waals surface area contributed by atoms with Crippen LogP contribution >= 0.6 is 0 Å². The van der Waals surface area contributed by atoms with Crippen molar-refractivity contribution in [3.63, 3.8) is 0 Å². The minimum atomic E-state index is -0.467. The molecule has 18 heavy (non-hydrogen) atoms. The molecule has 0 atom stereocenters. The number of rotatable bonds is 5. The average molecular weight is 259 g/mol. The Bertz CT molecular complexity index is 251. The summed E-state index contributed by atoms with van der Waals surface area (Å²) in [5.74, 6) is 0. The summed E-state index contributed by atoms with van der Waals surface area (Å²) in [5, 5.41) is 8.75. The lowest BCUT2D eigenvalue weighted by molar-refractivity contribution is 0.00581. The molecule has 0 aliphatic heterocycles. The topological polar surface area (TPSA) is 49.8 Å². The number of aliphatic hydroxyl groups is 1. The lowest BCUT2D eigenvalue weighted by Crippen LogP contribution is -2.48. The highest BCUT2D eigenvalue weighted by Gasteiger charge is 2.29. The molecule has 0 fully saturated rings. The number of carbonyl (C=O) groups excluding carboxylic acids is 1. The van der Waals surface area contributed by atoms with Gasteiger partial charge in [-0.2, -0.15) is 0 Å². The van der Waals surface area contributed by atoms with E-state index in [0.717, 1.165) is 19.3 Å². The Kier molecular flexibility index (Phi) is 6.68. The minimum Gasteiger partial charge on any atom is -0.444 e. The Balaban J connectivity index is 4.45. The maximum Gasteiger partial charge on any atom is 0.410 e. The summed E-state index contributed by atoms with van der Waals surface area (Å²) in [5.41, 5.74) is -0.715. The third kappa shape index (κ3) is 7.54. The zero-order valence-electron chi connectivity index (χ0n) is 12.7. The van der Waals surface area contributed by atoms with E-state index in [-0.39, 0.29) is 18.2 Å². The normalized spacial score (nSPS) is 12.4. The van der Waals surface area contributed by atoms with Crippen LogP contribution in [0.2, 0.25) is 0 Å². The van der Waals surface area contributed by atoms with E-state index in [4.69, 9.17) is 9.84 Å². The number of aliphatic hydroxyl groups excluding tert-OH is 1. The van der Waals surface area contributed by atoms with Crippen molar-refractivity contribution in [2.45, 2.75) is 71.9 Å². The summed E-state index contributed by atoms with van der Waals surface area (Å²) < 4.78 is 5.42. The van der Waals surface area contributed by atoms with Crippen molar-refractivity contribution in [1.82, 2.24) is 4.90 Å². The van der Waals surface area contributed by atoms with Crippen molar-refractivity contribution < 1.29 is 14.6 Å². The van der Waals surface area contributed by atoms with Gasteiger partial charge >= 0.3 is 6.09 Å². The van der Waals surface area contributed by atoms with E-state index in [9.17, 15) is 4.79 Å². The van der Waals surface area contributed by atoms with Crippen LogP contribution in [-0.2, 0) is 4.74 Å². The van der Waals surface area contributed by atoms with Crippen LogP contribution in [0.5, 0.6) is 0 Å². The molecule has 0 aliphatic carbocycles. The van der Waals surface area contributed by atoms with Gasteiger partial charge in [-0.05, 0) is 60.8 Å². The van der Waals surface area contributed by atoms with Gasteiger partial charge in [-0.1, -0.05) is 0 Å². The summed E-state index contributed by atoms with van der Waals surface area (Å²) in [4.78, 5) is 13.9. The molecule has 1 amide bonds. The van der Waals surface area contributed by atoms with E-state index in [0.29, 0.717) is 6.54 Å². The fourth-order valence-electron chi connectivity index (χ4n) is 1.58. The van der Waals surface area contributed by atoms with E-state index in [1.807, 2.05) is 41.5 Å². The fraction of sp³-hybridized carbons (Fsp3) is 0.929. The lowest BCUT2D eigenvalue weighted by atomic mass is 10.1. The van der Waals surface area contributed by atoms with Gasteiger partial charge in [0.05, 0.1) is 0 Å². The molecule has 0 saturated heterocycles. The molecule has 0 aliphatic rings. The second kappa shape index (κ2) is 6.98. The average Bonchev–Trinajstić information content (AvgIpc) is 2.12. The molecule has 0 rings (SSSR count). The van der Waals surface area contributed by atoms with E-state index < -0.39 is 5.60 Å². The predicted molar refractivity (Wildman–Crippen MR) is 73.6 cm³/mol. The monoisotopic (exact) mass is 259 g/mol. The Morgan fingerprint density at radius 3 is 2.00 bits per heavy atom. The summed E-state index contributed by atoms with van der Waals surface area (Å²) >= 11 is 0. The Hall–Kier alpha value is -0.770. The number of hydrogen-bond donors (Lipinski definition) is 1. The Morgan fingerprint density at radius 1 is 1.06 bits per heavy atom. The SMILES string of the molecule is CC(C)(C)OC(=O)N(CCCCCO)C(C)(C)C. The second-order valence-corrected chi connectivity index (χ2v) is 6.59. The highest BCUT2D eigenvalue weighted by molar-refractivity contribution is 5.69. The molecule has 0 aromatic carbocycles. The van der Waals surface area contributed by atoms with Crippen molar-refractivity contribution in [1.29, 1.82) is 0 Å². The first-order valence-corrected chi connectivity index (χ1v) is 6.69. The number of carbonyl (C=O) groups is 1. The van der Waals surface area contributed by atoms with Crippen LogP contribution in [-0.4, -0.2) is 40.4 Å². The van der Waals surface area contributed by atoms with E-state index in [1.165, 1.54) is 0 Å². The highest BCUT2D eigenvalue weighted by Crippen LogP contribution is 2.19. The van der Waals surface area contributed by atoms with Crippen LogP contribution in [0.15, 0.2) is 0 Å². The molecule has 0 bridgehead atoms. The van der Waals surface area contributed by atoms with Crippen molar-refractivity contribution >= 4 is 6.09 Å². The van der Waals surface area contributed by atoms with E-state index in [1.54, 1.807) is 4.90 Å². The van der Waals surface area contributed by atoms with Gasteiger partial charge in [0.15, 0.2) is 0 Å². The molecule has 1 N–H and O–H groups in total. The first-order valence-electron chi connectivity index (χ1n) is 6.69. The minimum absolute atomic E-state index is 0.210. The van der Waals surface area contributed by atoms with Crippen LogP contribution in [0, 0.1) is 0 Å². The van der Waals surface area contributed by atoms with E-state index in [2.05, 4.69) is 0 Å². The smallest absolute Gasteiger partial charge is 0.410 e. The summed E-state index contributed by atoms with van der Waals surface area (Å²) in [6, 6.07) is 0. The molecule has 0 heterocycles. The second-order valence-electron chi connectivity index (χ2n) is 6.59. The fourth-order valence-corrected chi connectivity index (χ4v) is 1.58. The van der Waals surface area contributed by atoms with Crippen molar-refractivity contribution in [2.75, 3.05) is 13.2 Å². The van der Waals surface area contributed by atoms with Crippen LogP contribution in [0.25, 0.3) is 0 Å². The molecule has 0 unspecified atom stereocenters. The molecule has 108 valence electrons. The number of amides is 1. The van der Waals surface area contributed by atoms with Crippen LogP contribution < -0.4 is 0 Å².